The highest BCUT2D eigenvalue weighted by molar-refractivity contribution is 7.14. The number of rotatable bonds is 7. The zero-order chi connectivity index (χ0) is 19.3. The lowest BCUT2D eigenvalue weighted by molar-refractivity contribution is -0.116. The van der Waals surface area contributed by atoms with E-state index in [-0.39, 0.29) is 18.2 Å². The van der Waals surface area contributed by atoms with Crippen LogP contribution in [-0.2, 0) is 4.79 Å². The Labute approximate surface area is 157 Å². The Morgan fingerprint density at radius 3 is 2.31 bits per heavy atom. The lowest BCUT2D eigenvalue weighted by Crippen LogP contribution is -2.33. The first-order valence-electron chi connectivity index (χ1n) is 8.37. The van der Waals surface area contributed by atoms with E-state index < -0.39 is 5.91 Å². The fourth-order valence-electron chi connectivity index (χ4n) is 2.42. The molecule has 0 unspecified atom stereocenters. The summed E-state index contributed by atoms with van der Waals surface area (Å²) >= 11 is 1.48. The van der Waals surface area contributed by atoms with Gasteiger partial charge in [-0.15, -0.1) is 11.3 Å². The van der Waals surface area contributed by atoms with E-state index in [2.05, 4.69) is 5.32 Å². The molecule has 6 nitrogen and oxygen atoms in total. The van der Waals surface area contributed by atoms with Crippen molar-refractivity contribution in [3.63, 3.8) is 0 Å². The van der Waals surface area contributed by atoms with E-state index >= 15 is 0 Å². The molecular formula is C19H23N3O3S. The maximum absolute atomic E-state index is 12.6. The van der Waals surface area contributed by atoms with Crippen LogP contribution in [-0.4, -0.2) is 35.7 Å². The molecule has 138 valence electrons. The Morgan fingerprint density at radius 2 is 1.81 bits per heavy atom. The van der Waals surface area contributed by atoms with Gasteiger partial charge in [-0.25, -0.2) is 0 Å². The molecule has 1 heterocycles. The lowest BCUT2D eigenvalue weighted by Gasteiger charge is -2.19. The van der Waals surface area contributed by atoms with Crippen molar-refractivity contribution in [1.82, 2.24) is 4.90 Å². The summed E-state index contributed by atoms with van der Waals surface area (Å²) in [6.45, 7) is 6.75. The van der Waals surface area contributed by atoms with Crippen LogP contribution in [0.1, 0.15) is 43.8 Å². The van der Waals surface area contributed by atoms with Crippen molar-refractivity contribution in [1.29, 1.82) is 0 Å². The average Bonchev–Trinajstić information content (AvgIpc) is 2.94. The quantitative estimate of drug-likeness (QED) is 0.781. The molecule has 1 aromatic heterocycles. The van der Waals surface area contributed by atoms with Crippen LogP contribution >= 0.6 is 11.3 Å². The molecule has 7 heteroatoms. The maximum Gasteiger partial charge on any atom is 0.263 e. The van der Waals surface area contributed by atoms with E-state index in [4.69, 9.17) is 5.73 Å². The molecule has 0 bridgehead atoms. The first-order chi connectivity index (χ1) is 12.3. The van der Waals surface area contributed by atoms with Gasteiger partial charge in [-0.1, -0.05) is 0 Å². The fourth-order valence-corrected chi connectivity index (χ4v) is 3.42. The second kappa shape index (κ2) is 8.62. The van der Waals surface area contributed by atoms with Crippen molar-refractivity contribution in [2.45, 2.75) is 27.2 Å². The summed E-state index contributed by atoms with van der Waals surface area (Å²) in [5.41, 5.74) is 7.25. The van der Waals surface area contributed by atoms with Gasteiger partial charge in [0.2, 0.25) is 11.8 Å². The first-order valence-corrected chi connectivity index (χ1v) is 9.19. The van der Waals surface area contributed by atoms with Crippen molar-refractivity contribution in [2.24, 2.45) is 5.73 Å². The number of nitrogens with two attached hydrogens (primary N) is 1. The number of carbonyl (C=O) groups is 3. The first kappa shape index (κ1) is 19.7. The van der Waals surface area contributed by atoms with Gasteiger partial charge in [0.25, 0.3) is 5.91 Å². The van der Waals surface area contributed by atoms with E-state index in [0.29, 0.717) is 29.2 Å². The normalized spacial score (nSPS) is 10.4. The Balaban J connectivity index is 1.91. The Kier molecular flexibility index (Phi) is 6.52. The average molecular weight is 373 g/mol. The van der Waals surface area contributed by atoms with Gasteiger partial charge >= 0.3 is 0 Å². The van der Waals surface area contributed by atoms with Gasteiger partial charge in [0.05, 0.1) is 4.88 Å². The van der Waals surface area contributed by atoms with Gasteiger partial charge in [0.1, 0.15) is 0 Å². The Morgan fingerprint density at radius 1 is 1.15 bits per heavy atom. The number of nitrogens with zero attached hydrogens (tertiary/aromatic N) is 1. The number of hydrogen-bond donors (Lipinski definition) is 2. The third-order valence-electron chi connectivity index (χ3n) is 4.11. The van der Waals surface area contributed by atoms with Gasteiger partial charge < -0.3 is 16.0 Å². The lowest BCUT2D eigenvalue weighted by atomic mass is 10.2. The highest BCUT2D eigenvalue weighted by Crippen LogP contribution is 2.22. The monoisotopic (exact) mass is 373 g/mol. The predicted octanol–water partition coefficient (Wildman–Crippen LogP) is 2.95. The molecular weight excluding hydrogens is 350 g/mol. The van der Waals surface area contributed by atoms with Crippen LogP contribution in [0.15, 0.2) is 30.3 Å². The molecule has 26 heavy (non-hydrogen) atoms. The predicted molar refractivity (Wildman–Crippen MR) is 104 cm³/mol. The van der Waals surface area contributed by atoms with Crippen LogP contribution in [0.3, 0.4) is 0 Å². The minimum atomic E-state index is -0.515. The van der Waals surface area contributed by atoms with Gasteiger partial charge in [-0.2, -0.15) is 0 Å². The van der Waals surface area contributed by atoms with Crippen molar-refractivity contribution in [2.75, 3.05) is 18.4 Å². The van der Waals surface area contributed by atoms with Crippen molar-refractivity contribution in [3.8, 4) is 0 Å². The van der Waals surface area contributed by atoms with E-state index in [1.165, 1.54) is 11.3 Å². The summed E-state index contributed by atoms with van der Waals surface area (Å²) in [6, 6.07) is 8.25. The molecule has 3 amide bonds. The third kappa shape index (κ3) is 4.92. The van der Waals surface area contributed by atoms with Crippen molar-refractivity contribution in [3.05, 3.63) is 51.2 Å². The van der Waals surface area contributed by atoms with E-state index in [1.807, 2.05) is 26.8 Å². The summed E-state index contributed by atoms with van der Waals surface area (Å²) in [5, 5.41) is 2.75. The summed E-state index contributed by atoms with van der Waals surface area (Å²) in [6.07, 6.45) is 0.195. The second-order valence-corrected chi connectivity index (χ2v) is 7.23. The number of anilines is 1. The molecule has 0 saturated carbocycles. The molecule has 0 aliphatic rings. The van der Waals surface area contributed by atoms with Gasteiger partial charge in [0.15, 0.2) is 0 Å². The number of amides is 3. The van der Waals surface area contributed by atoms with Crippen molar-refractivity contribution >= 4 is 34.7 Å². The number of nitrogens with one attached hydrogen (secondary N) is 1. The molecule has 3 N–H and O–H groups in total. The SMILES string of the molecule is CCN(CCC(=O)Nc1ccc(C(N)=O)cc1)C(=O)c1cc(C)c(C)s1. The molecule has 0 saturated heterocycles. The number of primary amides is 1. The van der Waals surface area contributed by atoms with Crippen LogP contribution in [0.2, 0.25) is 0 Å². The smallest absolute Gasteiger partial charge is 0.263 e. The summed E-state index contributed by atoms with van der Waals surface area (Å²) < 4.78 is 0. The van der Waals surface area contributed by atoms with Crippen LogP contribution in [0.5, 0.6) is 0 Å². The number of benzene rings is 1. The van der Waals surface area contributed by atoms with Gasteiger partial charge in [0, 0.05) is 35.6 Å². The summed E-state index contributed by atoms with van der Waals surface area (Å²) in [5.74, 6) is -0.757. The summed E-state index contributed by atoms with van der Waals surface area (Å²) in [4.78, 5) is 39.2. The highest BCUT2D eigenvalue weighted by Gasteiger charge is 2.18. The van der Waals surface area contributed by atoms with Crippen LogP contribution in [0.25, 0.3) is 0 Å². The van der Waals surface area contributed by atoms with Crippen molar-refractivity contribution < 1.29 is 14.4 Å². The zero-order valence-electron chi connectivity index (χ0n) is 15.2. The largest absolute Gasteiger partial charge is 0.366 e. The molecule has 0 fully saturated rings. The summed E-state index contributed by atoms with van der Waals surface area (Å²) in [7, 11) is 0. The number of aryl methyl sites for hydroxylation is 2. The second-order valence-electron chi connectivity index (χ2n) is 5.97. The standard InChI is InChI=1S/C19H23N3O3S/c1-4-22(19(25)16-11-12(2)13(3)26-16)10-9-17(23)21-15-7-5-14(6-8-15)18(20)24/h5-8,11H,4,9-10H2,1-3H3,(H2,20,24)(H,21,23). The molecule has 2 aromatic rings. The fraction of sp³-hybridized carbons (Fsp3) is 0.316. The minimum Gasteiger partial charge on any atom is -0.366 e. The molecule has 0 aliphatic carbocycles. The van der Waals surface area contributed by atoms with Gasteiger partial charge in [-0.3, -0.25) is 14.4 Å². The topological polar surface area (TPSA) is 92.5 Å². The van der Waals surface area contributed by atoms with E-state index in [9.17, 15) is 14.4 Å². The highest BCUT2D eigenvalue weighted by atomic mass is 32.1. The molecule has 0 spiro atoms. The van der Waals surface area contributed by atoms with Crippen LogP contribution in [0.4, 0.5) is 5.69 Å². The van der Waals surface area contributed by atoms with Crippen LogP contribution < -0.4 is 11.1 Å². The third-order valence-corrected chi connectivity index (χ3v) is 5.25. The number of hydrogen-bond acceptors (Lipinski definition) is 4. The Bertz CT molecular complexity index is 792. The minimum absolute atomic E-state index is 0.0488. The molecule has 1 aromatic carbocycles. The zero-order valence-corrected chi connectivity index (χ0v) is 16.0. The Hall–Kier alpha value is -2.67. The van der Waals surface area contributed by atoms with E-state index in [0.717, 1.165) is 10.4 Å². The molecule has 2 rings (SSSR count). The molecule has 0 aliphatic heterocycles. The molecule has 0 radical (unpaired) electrons. The number of thiophene rings is 1. The molecule has 0 atom stereocenters. The van der Waals surface area contributed by atoms with Gasteiger partial charge in [-0.05, 0) is 56.7 Å². The van der Waals surface area contributed by atoms with E-state index in [1.54, 1.807) is 29.2 Å². The number of carbonyl (C=O) groups excluding carboxylic acids is 3. The van der Waals surface area contributed by atoms with Crippen LogP contribution in [0, 0.1) is 13.8 Å². The maximum atomic E-state index is 12.6.